The summed E-state index contributed by atoms with van der Waals surface area (Å²) in [6, 6.07) is 13.2. The van der Waals surface area contributed by atoms with Gasteiger partial charge in [-0.1, -0.05) is 29.8 Å². The Morgan fingerprint density at radius 3 is 2.76 bits per heavy atom. The van der Waals surface area contributed by atoms with Crippen molar-refractivity contribution in [2.75, 3.05) is 12.4 Å². The number of rotatable bonds is 5. The molecule has 0 aliphatic rings. The van der Waals surface area contributed by atoms with E-state index in [-0.39, 0.29) is 5.91 Å². The second-order valence-electron chi connectivity index (χ2n) is 4.86. The van der Waals surface area contributed by atoms with E-state index in [1.165, 1.54) is 0 Å². The molecule has 0 saturated carbocycles. The molecule has 110 valence electrons. The number of carbonyl (C=O) groups excluding carboxylic acids is 1. The predicted molar refractivity (Wildman–Crippen MR) is 86.1 cm³/mol. The molecule has 0 saturated heterocycles. The minimum Gasteiger partial charge on any atom is -0.497 e. The van der Waals surface area contributed by atoms with Crippen LogP contribution in [0.5, 0.6) is 5.75 Å². The molecule has 0 aliphatic carbocycles. The summed E-state index contributed by atoms with van der Waals surface area (Å²) in [5.41, 5.74) is 2.79. The van der Waals surface area contributed by atoms with Crippen LogP contribution in [0.15, 0.2) is 42.5 Å². The Morgan fingerprint density at radius 2 is 2.05 bits per heavy atom. The highest BCUT2D eigenvalue weighted by molar-refractivity contribution is 6.31. The van der Waals surface area contributed by atoms with E-state index in [1.54, 1.807) is 13.2 Å². The molecule has 4 heteroatoms. The molecular weight excluding hydrogens is 286 g/mol. The lowest BCUT2D eigenvalue weighted by atomic mass is 10.1. The second-order valence-corrected chi connectivity index (χ2v) is 5.27. The number of nitrogens with one attached hydrogen (secondary N) is 1. The highest BCUT2D eigenvalue weighted by Gasteiger charge is 2.05. The quantitative estimate of drug-likeness (QED) is 0.897. The van der Waals surface area contributed by atoms with Gasteiger partial charge in [0.15, 0.2) is 0 Å². The fraction of sp³-hybridized carbons (Fsp3) is 0.235. The van der Waals surface area contributed by atoms with Crippen molar-refractivity contribution in [3.8, 4) is 5.75 Å². The van der Waals surface area contributed by atoms with Gasteiger partial charge in [0.1, 0.15) is 5.75 Å². The van der Waals surface area contributed by atoms with Crippen LogP contribution in [0.2, 0.25) is 5.02 Å². The Balaban J connectivity index is 1.91. The Morgan fingerprint density at radius 1 is 1.24 bits per heavy atom. The maximum Gasteiger partial charge on any atom is 0.224 e. The van der Waals surface area contributed by atoms with Gasteiger partial charge in [0.05, 0.1) is 7.11 Å². The first-order chi connectivity index (χ1) is 10.1. The maximum atomic E-state index is 12.0. The standard InChI is InChI=1S/C17H18ClNO2/c1-12-6-8-14(11-16(12)18)19-17(20)9-7-13-4-3-5-15(10-13)21-2/h3-6,8,10-11H,7,9H2,1-2H3,(H,19,20). The molecule has 1 N–H and O–H groups in total. The van der Waals surface area contributed by atoms with Crippen LogP contribution in [-0.2, 0) is 11.2 Å². The van der Waals surface area contributed by atoms with Gasteiger partial charge in [-0.3, -0.25) is 4.79 Å². The largest absolute Gasteiger partial charge is 0.497 e. The zero-order valence-electron chi connectivity index (χ0n) is 12.2. The average Bonchev–Trinajstić information content (AvgIpc) is 2.49. The zero-order valence-corrected chi connectivity index (χ0v) is 12.9. The SMILES string of the molecule is COc1cccc(CCC(=O)Nc2ccc(C)c(Cl)c2)c1. The summed E-state index contributed by atoms with van der Waals surface area (Å²) in [6.07, 6.45) is 1.08. The first-order valence-electron chi connectivity index (χ1n) is 6.77. The van der Waals surface area contributed by atoms with Crippen LogP contribution in [0.1, 0.15) is 17.5 Å². The van der Waals surface area contributed by atoms with Crippen LogP contribution in [0, 0.1) is 6.92 Å². The van der Waals surface area contributed by atoms with Crippen molar-refractivity contribution in [3.63, 3.8) is 0 Å². The minimum absolute atomic E-state index is 0.0299. The number of benzene rings is 2. The van der Waals surface area contributed by atoms with Crippen molar-refractivity contribution in [1.82, 2.24) is 0 Å². The highest BCUT2D eigenvalue weighted by atomic mass is 35.5. The fourth-order valence-corrected chi connectivity index (χ4v) is 2.16. The summed E-state index contributed by atoms with van der Waals surface area (Å²) in [7, 11) is 1.63. The summed E-state index contributed by atoms with van der Waals surface area (Å²) in [6.45, 7) is 1.93. The van der Waals surface area contributed by atoms with Crippen LogP contribution < -0.4 is 10.1 Å². The molecule has 0 aliphatic heterocycles. The van der Waals surface area contributed by atoms with E-state index in [9.17, 15) is 4.79 Å². The van der Waals surface area contributed by atoms with Crippen LogP contribution in [0.4, 0.5) is 5.69 Å². The van der Waals surface area contributed by atoms with Crippen LogP contribution >= 0.6 is 11.6 Å². The molecule has 3 nitrogen and oxygen atoms in total. The molecule has 0 aromatic heterocycles. The van der Waals surface area contributed by atoms with Crippen LogP contribution in [0.25, 0.3) is 0 Å². The molecule has 2 aromatic rings. The molecule has 0 bridgehead atoms. The van der Waals surface area contributed by atoms with Gasteiger partial charge >= 0.3 is 0 Å². The Hall–Kier alpha value is -2.00. The maximum absolute atomic E-state index is 12.0. The van der Waals surface area contributed by atoms with E-state index in [2.05, 4.69) is 5.32 Å². The lowest BCUT2D eigenvalue weighted by Gasteiger charge is -2.07. The highest BCUT2D eigenvalue weighted by Crippen LogP contribution is 2.20. The van der Waals surface area contributed by atoms with Crippen molar-refractivity contribution >= 4 is 23.2 Å². The lowest BCUT2D eigenvalue weighted by Crippen LogP contribution is -2.12. The Labute approximate surface area is 129 Å². The third-order valence-electron chi connectivity index (χ3n) is 3.23. The smallest absolute Gasteiger partial charge is 0.224 e. The summed E-state index contributed by atoms with van der Waals surface area (Å²) >= 11 is 6.04. The molecular formula is C17H18ClNO2. The molecule has 0 spiro atoms. The van der Waals surface area contributed by atoms with Gasteiger partial charge in [0, 0.05) is 17.1 Å². The second kappa shape index (κ2) is 7.14. The summed E-state index contributed by atoms with van der Waals surface area (Å²) in [4.78, 5) is 12.0. The van der Waals surface area contributed by atoms with E-state index in [1.807, 2.05) is 43.3 Å². The minimum atomic E-state index is -0.0299. The monoisotopic (exact) mass is 303 g/mol. The summed E-state index contributed by atoms with van der Waals surface area (Å²) < 4.78 is 5.17. The van der Waals surface area contributed by atoms with Gasteiger partial charge in [-0.2, -0.15) is 0 Å². The number of hydrogen-bond donors (Lipinski definition) is 1. The Kier molecular flexibility index (Phi) is 5.23. The van der Waals surface area contributed by atoms with E-state index in [4.69, 9.17) is 16.3 Å². The molecule has 1 amide bonds. The van der Waals surface area contributed by atoms with E-state index in [0.29, 0.717) is 17.9 Å². The topological polar surface area (TPSA) is 38.3 Å². The molecule has 0 radical (unpaired) electrons. The molecule has 0 heterocycles. The van der Waals surface area contributed by atoms with E-state index >= 15 is 0 Å². The molecule has 0 atom stereocenters. The zero-order chi connectivity index (χ0) is 15.2. The fourth-order valence-electron chi connectivity index (χ4n) is 1.98. The number of hydrogen-bond acceptors (Lipinski definition) is 2. The molecule has 0 fully saturated rings. The van der Waals surface area contributed by atoms with Crippen molar-refractivity contribution in [3.05, 3.63) is 58.6 Å². The van der Waals surface area contributed by atoms with Crippen molar-refractivity contribution in [1.29, 1.82) is 0 Å². The molecule has 2 rings (SSSR count). The predicted octanol–water partition coefficient (Wildman–Crippen LogP) is 4.23. The molecule has 21 heavy (non-hydrogen) atoms. The van der Waals surface area contributed by atoms with Crippen molar-refractivity contribution < 1.29 is 9.53 Å². The van der Waals surface area contributed by atoms with Crippen molar-refractivity contribution in [2.45, 2.75) is 19.8 Å². The normalized spacial score (nSPS) is 10.2. The first kappa shape index (κ1) is 15.4. The third kappa shape index (κ3) is 4.50. The molecule has 0 unspecified atom stereocenters. The Bertz CT molecular complexity index is 640. The number of amides is 1. The third-order valence-corrected chi connectivity index (χ3v) is 3.64. The van der Waals surface area contributed by atoms with Crippen molar-refractivity contribution in [2.24, 2.45) is 0 Å². The number of anilines is 1. The number of methoxy groups -OCH3 is 1. The summed E-state index contributed by atoms with van der Waals surface area (Å²) in [5, 5.41) is 3.51. The van der Waals surface area contributed by atoms with E-state index in [0.717, 1.165) is 22.6 Å². The van der Waals surface area contributed by atoms with Crippen LogP contribution in [0.3, 0.4) is 0 Å². The molecule has 2 aromatic carbocycles. The van der Waals surface area contributed by atoms with Gasteiger partial charge in [-0.15, -0.1) is 0 Å². The number of aryl methyl sites for hydroxylation is 2. The lowest BCUT2D eigenvalue weighted by molar-refractivity contribution is -0.116. The van der Waals surface area contributed by atoms with Gasteiger partial charge in [0.2, 0.25) is 5.91 Å². The summed E-state index contributed by atoms with van der Waals surface area (Å²) in [5.74, 6) is 0.774. The van der Waals surface area contributed by atoms with Crippen LogP contribution in [-0.4, -0.2) is 13.0 Å². The van der Waals surface area contributed by atoms with Gasteiger partial charge in [-0.05, 0) is 48.7 Å². The number of ether oxygens (including phenoxy) is 1. The first-order valence-corrected chi connectivity index (χ1v) is 7.15. The number of halogens is 1. The van der Waals surface area contributed by atoms with Gasteiger partial charge in [0.25, 0.3) is 0 Å². The average molecular weight is 304 g/mol. The van der Waals surface area contributed by atoms with E-state index < -0.39 is 0 Å². The van der Waals surface area contributed by atoms with Gasteiger partial charge < -0.3 is 10.1 Å². The number of carbonyl (C=O) groups is 1. The van der Waals surface area contributed by atoms with Gasteiger partial charge in [-0.25, -0.2) is 0 Å².